The van der Waals surface area contributed by atoms with E-state index in [2.05, 4.69) is 96.9 Å². The van der Waals surface area contributed by atoms with Gasteiger partial charge in [-0.2, -0.15) is 0 Å². The topological polar surface area (TPSA) is 156 Å². The second-order valence-electron chi connectivity index (χ2n) is 15.8. The Balaban J connectivity index is 0.000000842. The number of benzene rings is 2. The van der Waals surface area contributed by atoms with E-state index in [1.807, 2.05) is 0 Å². The first-order valence-electron chi connectivity index (χ1n) is 15.2. The molecule has 0 saturated heterocycles. The molecular formula is C34H58CaO8P2. The van der Waals surface area contributed by atoms with Gasteiger partial charge in [0.15, 0.2) is 11.7 Å². The molecule has 0 fully saturated rings. The Labute approximate surface area is 301 Å². The van der Waals surface area contributed by atoms with Gasteiger partial charge in [0.25, 0.3) is 0 Å². The first-order chi connectivity index (χ1) is 19.4. The van der Waals surface area contributed by atoms with E-state index >= 15 is 0 Å². The summed E-state index contributed by atoms with van der Waals surface area (Å²) in [5.74, 6) is -3.55. The van der Waals surface area contributed by atoms with Gasteiger partial charge in [0.05, 0.1) is 0 Å². The van der Waals surface area contributed by atoms with Gasteiger partial charge in [-0.15, -0.1) is 0 Å². The minimum absolute atomic E-state index is 0. The van der Waals surface area contributed by atoms with Crippen molar-refractivity contribution >= 4 is 52.9 Å². The van der Waals surface area contributed by atoms with E-state index in [-0.39, 0.29) is 59.4 Å². The minimum Gasteiger partial charge on any atom is -0.376 e. The van der Waals surface area contributed by atoms with Crippen LogP contribution in [0.4, 0.5) is 0 Å². The summed E-state index contributed by atoms with van der Waals surface area (Å²) in [5, 5.41) is 20.1. The zero-order valence-corrected chi connectivity index (χ0v) is 34.0. The average molecular weight is 697 g/mol. The second kappa shape index (κ2) is 15.6. The summed E-state index contributed by atoms with van der Waals surface area (Å²) in [6, 6.07) is 6.99. The quantitative estimate of drug-likeness (QED) is 0.133. The summed E-state index contributed by atoms with van der Waals surface area (Å²) in [6.45, 7) is 29.0. The van der Waals surface area contributed by atoms with Crippen molar-refractivity contribution in [3.63, 3.8) is 0 Å². The largest absolute Gasteiger partial charge is 0.376 e. The molecule has 0 aliphatic heterocycles. The standard InChI is InChI=1S/2C17H29O4P.Ca/c2*1-8-12-13(16(2,3)4)9-11(15(18)22(19,20)21)10-14(12)17(5,6)7;/h2*9-10,15,18H,8H2,1-7H3,(H2,19,20,21);. The van der Waals surface area contributed by atoms with Gasteiger partial charge in [0.2, 0.25) is 0 Å². The fourth-order valence-electron chi connectivity index (χ4n) is 5.51. The SMILES string of the molecule is CCc1c(C(C)(C)C)cc(C(O)P(=O)(O)O)cc1C(C)(C)C.CCc1c(C(C)(C)C)cc(C(O)P(=O)(O)O)cc1C(C)(C)C.[Ca]. The van der Waals surface area contributed by atoms with Crippen LogP contribution in [0.15, 0.2) is 24.3 Å². The average Bonchev–Trinajstić information content (AvgIpc) is 2.83. The Morgan fingerprint density at radius 2 is 0.689 bits per heavy atom. The van der Waals surface area contributed by atoms with E-state index in [0.717, 1.165) is 35.1 Å². The van der Waals surface area contributed by atoms with E-state index in [4.69, 9.17) is 0 Å². The number of aliphatic hydroxyl groups excluding tert-OH is 2. The number of hydrogen-bond acceptors (Lipinski definition) is 4. The van der Waals surface area contributed by atoms with Crippen molar-refractivity contribution in [3.8, 4) is 0 Å². The zero-order valence-electron chi connectivity index (χ0n) is 30.0. The molecule has 11 heteroatoms. The van der Waals surface area contributed by atoms with Crippen LogP contribution in [0.2, 0.25) is 0 Å². The predicted octanol–water partition coefficient (Wildman–Crippen LogP) is 7.64. The molecule has 0 spiro atoms. The molecule has 0 amide bonds. The molecule has 8 nitrogen and oxygen atoms in total. The molecule has 6 N–H and O–H groups in total. The molecule has 0 aliphatic rings. The fraction of sp³-hybridized carbons (Fsp3) is 0.647. The van der Waals surface area contributed by atoms with Gasteiger partial charge in [-0.3, -0.25) is 9.13 Å². The third-order valence-electron chi connectivity index (χ3n) is 7.72. The van der Waals surface area contributed by atoms with Crippen LogP contribution >= 0.6 is 15.2 Å². The van der Waals surface area contributed by atoms with E-state index in [9.17, 15) is 38.9 Å². The Hall–Kier alpha value is -0.0803. The van der Waals surface area contributed by atoms with Crippen LogP contribution in [0.3, 0.4) is 0 Å². The number of rotatable bonds is 6. The maximum absolute atomic E-state index is 11.5. The molecule has 0 heterocycles. The van der Waals surface area contributed by atoms with Gasteiger partial charge in [-0.1, -0.05) is 121 Å². The van der Waals surface area contributed by atoms with Gasteiger partial charge in [-0.25, -0.2) is 0 Å². The molecule has 2 aromatic rings. The Morgan fingerprint density at radius 1 is 0.511 bits per heavy atom. The molecule has 0 bridgehead atoms. The van der Waals surface area contributed by atoms with Crippen molar-refractivity contribution in [1.82, 2.24) is 0 Å². The second-order valence-corrected chi connectivity index (χ2v) is 19.2. The maximum Gasteiger partial charge on any atom is 0.358 e. The molecule has 0 saturated carbocycles. The molecule has 254 valence electrons. The minimum atomic E-state index is -4.59. The molecular weight excluding hydrogens is 638 g/mol. The van der Waals surface area contributed by atoms with Crippen molar-refractivity contribution in [1.29, 1.82) is 0 Å². The summed E-state index contributed by atoms with van der Waals surface area (Å²) in [7, 11) is -9.18. The van der Waals surface area contributed by atoms with Crippen molar-refractivity contribution in [3.05, 3.63) is 68.8 Å². The molecule has 0 aromatic heterocycles. The van der Waals surface area contributed by atoms with Crippen molar-refractivity contribution in [2.75, 3.05) is 0 Å². The molecule has 2 radical (unpaired) electrons. The molecule has 2 unspecified atom stereocenters. The summed E-state index contributed by atoms with van der Waals surface area (Å²) >= 11 is 0. The Kier molecular flexibility index (Phi) is 15.6. The number of hydrogen-bond donors (Lipinski definition) is 6. The summed E-state index contributed by atoms with van der Waals surface area (Å²) in [6.07, 6.45) is 1.68. The van der Waals surface area contributed by atoms with E-state index in [1.165, 1.54) is 11.1 Å². The van der Waals surface area contributed by atoms with Crippen molar-refractivity contribution < 1.29 is 38.9 Å². The van der Waals surface area contributed by atoms with Crippen LogP contribution in [0.25, 0.3) is 0 Å². The van der Waals surface area contributed by atoms with E-state index in [1.54, 1.807) is 24.3 Å². The summed E-state index contributed by atoms with van der Waals surface area (Å²) in [4.78, 5) is 37.3. The van der Waals surface area contributed by atoms with Crippen LogP contribution in [-0.2, 0) is 43.6 Å². The van der Waals surface area contributed by atoms with Crippen molar-refractivity contribution in [2.24, 2.45) is 0 Å². The van der Waals surface area contributed by atoms with Gasteiger partial charge >= 0.3 is 15.2 Å². The van der Waals surface area contributed by atoms with E-state index < -0.39 is 26.9 Å². The van der Waals surface area contributed by atoms with E-state index in [0.29, 0.717) is 11.1 Å². The Morgan fingerprint density at radius 3 is 0.800 bits per heavy atom. The monoisotopic (exact) mass is 696 g/mol. The first-order valence-corrected chi connectivity index (χ1v) is 18.6. The molecule has 2 rings (SSSR count). The van der Waals surface area contributed by atoms with Crippen LogP contribution in [0, 0.1) is 0 Å². The third kappa shape index (κ3) is 12.1. The number of aliphatic hydroxyl groups is 2. The zero-order chi connectivity index (χ0) is 35.0. The fourth-order valence-corrected chi connectivity index (χ4v) is 6.59. The molecule has 2 atom stereocenters. The Bertz CT molecular complexity index is 1220. The smallest absolute Gasteiger partial charge is 0.358 e. The summed E-state index contributed by atoms with van der Waals surface area (Å²) < 4.78 is 22.9. The van der Waals surface area contributed by atoms with Crippen LogP contribution in [-0.4, -0.2) is 67.5 Å². The summed E-state index contributed by atoms with van der Waals surface area (Å²) in [5.41, 5.74) is 6.42. The molecule has 0 aliphatic carbocycles. The molecule has 45 heavy (non-hydrogen) atoms. The first kappa shape index (κ1) is 44.9. The molecule has 2 aromatic carbocycles. The van der Waals surface area contributed by atoms with Crippen LogP contribution in [0.5, 0.6) is 0 Å². The maximum atomic E-state index is 11.5. The van der Waals surface area contributed by atoms with Gasteiger partial charge in [0, 0.05) is 37.7 Å². The third-order valence-corrected chi connectivity index (χ3v) is 9.59. The van der Waals surface area contributed by atoms with Crippen LogP contribution < -0.4 is 0 Å². The van der Waals surface area contributed by atoms with Gasteiger partial charge in [0.1, 0.15) is 0 Å². The normalized spacial score (nSPS) is 14.7. The van der Waals surface area contributed by atoms with Crippen LogP contribution in [0.1, 0.15) is 153 Å². The van der Waals surface area contributed by atoms with Crippen molar-refractivity contribution in [2.45, 2.75) is 143 Å². The predicted molar refractivity (Wildman–Crippen MR) is 186 cm³/mol. The van der Waals surface area contributed by atoms with Gasteiger partial charge in [-0.05, 0) is 79.0 Å². The van der Waals surface area contributed by atoms with Gasteiger partial charge < -0.3 is 29.8 Å².